The van der Waals surface area contributed by atoms with E-state index in [2.05, 4.69) is 9.80 Å². The Morgan fingerprint density at radius 1 is 1.08 bits per heavy atom. The molecule has 2 rings (SSSR count). The fourth-order valence-corrected chi connectivity index (χ4v) is 3.54. The number of carbonyl (C=O) groups excluding carboxylic acids is 1. The highest BCUT2D eigenvalue weighted by atomic mass is 16.6. The van der Waals surface area contributed by atoms with Gasteiger partial charge in [0, 0.05) is 19.6 Å². The first-order valence-corrected chi connectivity index (χ1v) is 9.42. The lowest BCUT2D eigenvalue weighted by Gasteiger charge is -2.44. The highest BCUT2D eigenvalue weighted by Crippen LogP contribution is 2.19. The number of carbonyl (C=O) groups is 1. The van der Waals surface area contributed by atoms with E-state index in [1.165, 1.54) is 32.4 Å². The molecule has 2 fully saturated rings. The van der Waals surface area contributed by atoms with E-state index in [9.17, 15) is 9.90 Å². The van der Waals surface area contributed by atoms with Gasteiger partial charge in [0.15, 0.2) is 0 Å². The Balaban J connectivity index is 1.76. The van der Waals surface area contributed by atoms with Crippen LogP contribution in [0.2, 0.25) is 0 Å². The van der Waals surface area contributed by atoms with Gasteiger partial charge in [-0.1, -0.05) is 6.42 Å². The predicted molar refractivity (Wildman–Crippen MR) is 94.9 cm³/mol. The van der Waals surface area contributed by atoms with Crippen molar-refractivity contribution in [2.24, 2.45) is 0 Å². The SMILES string of the molecule is C[C@@H]1[C@@H](O)N(CCCN2CCCCC2)CCN1C(=O)OC(C)(C)C. The van der Waals surface area contributed by atoms with Crippen molar-refractivity contribution in [2.75, 3.05) is 39.3 Å². The van der Waals surface area contributed by atoms with Crippen LogP contribution in [0.3, 0.4) is 0 Å². The first kappa shape index (κ1) is 19.5. The molecule has 6 heteroatoms. The maximum atomic E-state index is 12.3. The van der Waals surface area contributed by atoms with Crippen LogP contribution in [-0.2, 0) is 4.74 Å². The average Bonchev–Trinajstić information content (AvgIpc) is 2.51. The quantitative estimate of drug-likeness (QED) is 0.849. The summed E-state index contributed by atoms with van der Waals surface area (Å²) in [4.78, 5) is 18.5. The van der Waals surface area contributed by atoms with Crippen LogP contribution >= 0.6 is 0 Å². The number of piperazine rings is 1. The average molecular weight is 341 g/mol. The molecule has 0 spiro atoms. The third kappa shape index (κ3) is 5.60. The highest BCUT2D eigenvalue weighted by molar-refractivity contribution is 5.68. The second-order valence-electron chi connectivity index (χ2n) is 8.12. The lowest BCUT2D eigenvalue weighted by molar-refractivity contribution is -0.0930. The molecule has 1 N–H and O–H groups in total. The third-order valence-electron chi connectivity index (χ3n) is 4.92. The minimum absolute atomic E-state index is 0.247. The van der Waals surface area contributed by atoms with Gasteiger partial charge in [0.2, 0.25) is 0 Å². The Kier molecular flexibility index (Phi) is 6.89. The second kappa shape index (κ2) is 8.50. The minimum Gasteiger partial charge on any atom is -0.444 e. The van der Waals surface area contributed by atoms with Crippen molar-refractivity contribution in [3.63, 3.8) is 0 Å². The Morgan fingerprint density at radius 3 is 2.38 bits per heavy atom. The number of nitrogens with zero attached hydrogens (tertiary/aromatic N) is 3. The van der Waals surface area contributed by atoms with Crippen LogP contribution in [0.25, 0.3) is 0 Å². The van der Waals surface area contributed by atoms with E-state index in [4.69, 9.17) is 4.74 Å². The smallest absolute Gasteiger partial charge is 0.410 e. The number of aliphatic hydroxyl groups is 1. The molecule has 1 amide bonds. The zero-order valence-electron chi connectivity index (χ0n) is 15.8. The molecule has 0 unspecified atom stereocenters. The van der Waals surface area contributed by atoms with Crippen LogP contribution in [0.15, 0.2) is 0 Å². The summed E-state index contributed by atoms with van der Waals surface area (Å²) in [6.45, 7) is 13.2. The lowest BCUT2D eigenvalue weighted by atomic mass is 10.1. The summed E-state index contributed by atoms with van der Waals surface area (Å²) < 4.78 is 5.44. The van der Waals surface area contributed by atoms with Crippen LogP contribution in [0, 0.1) is 0 Å². The number of aliphatic hydroxyl groups excluding tert-OH is 1. The fraction of sp³-hybridized carbons (Fsp3) is 0.944. The molecular weight excluding hydrogens is 306 g/mol. The van der Waals surface area contributed by atoms with Crippen molar-refractivity contribution in [2.45, 2.75) is 71.2 Å². The summed E-state index contributed by atoms with van der Waals surface area (Å²) in [5.74, 6) is 0. The monoisotopic (exact) mass is 341 g/mol. The van der Waals surface area contributed by atoms with E-state index in [1.54, 1.807) is 4.90 Å². The van der Waals surface area contributed by atoms with Crippen LogP contribution in [0.4, 0.5) is 4.79 Å². The Hall–Kier alpha value is -0.850. The van der Waals surface area contributed by atoms with Gasteiger partial charge in [0.1, 0.15) is 11.8 Å². The Bertz CT molecular complexity index is 405. The summed E-state index contributed by atoms with van der Waals surface area (Å²) >= 11 is 0. The van der Waals surface area contributed by atoms with Crippen LogP contribution in [-0.4, -0.2) is 83.0 Å². The molecule has 2 aliphatic heterocycles. The second-order valence-corrected chi connectivity index (χ2v) is 8.12. The number of piperidine rings is 1. The summed E-state index contributed by atoms with van der Waals surface area (Å²) in [5, 5.41) is 10.6. The molecule has 0 aromatic rings. The molecule has 2 saturated heterocycles. The summed E-state index contributed by atoms with van der Waals surface area (Å²) in [5.41, 5.74) is -0.507. The molecule has 0 saturated carbocycles. The van der Waals surface area contributed by atoms with Gasteiger partial charge in [-0.25, -0.2) is 4.79 Å². The summed E-state index contributed by atoms with van der Waals surface area (Å²) in [7, 11) is 0. The van der Waals surface area contributed by atoms with Gasteiger partial charge in [0.05, 0.1) is 6.04 Å². The molecule has 24 heavy (non-hydrogen) atoms. The van der Waals surface area contributed by atoms with Gasteiger partial charge < -0.3 is 19.6 Å². The van der Waals surface area contributed by atoms with Crippen molar-refractivity contribution in [1.29, 1.82) is 0 Å². The molecule has 6 nitrogen and oxygen atoms in total. The Morgan fingerprint density at radius 2 is 1.75 bits per heavy atom. The molecular formula is C18H35N3O3. The largest absolute Gasteiger partial charge is 0.444 e. The van der Waals surface area contributed by atoms with E-state index in [0.29, 0.717) is 13.1 Å². The number of likely N-dealkylation sites (tertiary alicyclic amines) is 1. The molecule has 2 heterocycles. The summed E-state index contributed by atoms with van der Waals surface area (Å²) in [6, 6.07) is -0.247. The van der Waals surface area contributed by atoms with Gasteiger partial charge in [-0.3, -0.25) is 4.90 Å². The van der Waals surface area contributed by atoms with Crippen molar-refractivity contribution in [3.05, 3.63) is 0 Å². The van der Waals surface area contributed by atoms with Crippen molar-refractivity contribution in [1.82, 2.24) is 14.7 Å². The number of rotatable bonds is 4. The van der Waals surface area contributed by atoms with Gasteiger partial charge >= 0.3 is 6.09 Å². The van der Waals surface area contributed by atoms with E-state index >= 15 is 0 Å². The molecule has 0 aromatic heterocycles. The zero-order valence-corrected chi connectivity index (χ0v) is 15.8. The molecule has 2 atom stereocenters. The van der Waals surface area contributed by atoms with E-state index in [1.807, 2.05) is 27.7 Å². The normalized spacial score (nSPS) is 27.3. The first-order chi connectivity index (χ1) is 11.3. The molecule has 0 radical (unpaired) electrons. The third-order valence-corrected chi connectivity index (χ3v) is 4.92. The van der Waals surface area contributed by atoms with Gasteiger partial charge in [-0.05, 0) is 66.6 Å². The number of hydrogen-bond acceptors (Lipinski definition) is 5. The molecule has 0 bridgehead atoms. The number of ether oxygens (including phenoxy) is 1. The van der Waals surface area contributed by atoms with Crippen molar-refractivity contribution >= 4 is 6.09 Å². The Labute approximate surface area is 146 Å². The van der Waals surface area contributed by atoms with E-state index in [0.717, 1.165) is 19.5 Å². The maximum absolute atomic E-state index is 12.3. The summed E-state index contributed by atoms with van der Waals surface area (Å²) in [6.07, 6.45) is 4.10. The molecule has 0 aromatic carbocycles. The van der Waals surface area contributed by atoms with Crippen molar-refractivity contribution < 1.29 is 14.6 Å². The van der Waals surface area contributed by atoms with E-state index < -0.39 is 11.8 Å². The number of hydrogen-bond donors (Lipinski definition) is 1. The lowest BCUT2D eigenvalue weighted by Crippen LogP contribution is -2.60. The maximum Gasteiger partial charge on any atom is 0.410 e. The zero-order chi connectivity index (χ0) is 17.7. The van der Waals surface area contributed by atoms with Crippen LogP contribution < -0.4 is 0 Å². The molecule has 140 valence electrons. The van der Waals surface area contributed by atoms with Crippen molar-refractivity contribution in [3.8, 4) is 0 Å². The standard InChI is InChI=1S/C18H35N3O3/c1-15-16(22)20(12-8-11-19-9-6-5-7-10-19)13-14-21(15)17(23)24-18(2,3)4/h15-16,22H,5-14H2,1-4H3/t15-,16-/m1/s1. The van der Waals surface area contributed by atoms with Gasteiger partial charge in [-0.2, -0.15) is 0 Å². The first-order valence-electron chi connectivity index (χ1n) is 9.42. The predicted octanol–water partition coefficient (Wildman–Crippen LogP) is 2.12. The fourth-order valence-electron chi connectivity index (χ4n) is 3.54. The van der Waals surface area contributed by atoms with Gasteiger partial charge in [-0.15, -0.1) is 0 Å². The molecule has 2 aliphatic rings. The number of amides is 1. The van der Waals surface area contributed by atoms with E-state index in [-0.39, 0.29) is 12.1 Å². The molecule has 0 aliphatic carbocycles. The minimum atomic E-state index is -0.618. The highest BCUT2D eigenvalue weighted by Gasteiger charge is 2.36. The van der Waals surface area contributed by atoms with Crippen LogP contribution in [0.1, 0.15) is 53.4 Å². The van der Waals surface area contributed by atoms with Crippen LogP contribution in [0.5, 0.6) is 0 Å². The topological polar surface area (TPSA) is 56.2 Å². The van der Waals surface area contributed by atoms with Gasteiger partial charge in [0.25, 0.3) is 0 Å².